The molecule has 2 aromatic carbocycles. The Labute approximate surface area is 179 Å². The van der Waals surface area contributed by atoms with E-state index in [9.17, 15) is 22.0 Å². The van der Waals surface area contributed by atoms with E-state index < -0.39 is 28.8 Å². The Morgan fingerprint density at radius 2 is 2.10 bits per heavy atom. The first-order valence-electron chi connectivity index (χ1n) is 9.45. The Kier molecular flexibility index (Phi) is 6.49. The van der Waals surface area contributed by atoms with Gasteiger partial charge >= 0.3 is 12.6 Å². The Morgan fingerprint density at radius 1 is 1.35 bits per heavy atom. The standard InChI is InChI=1S/C21H22F2N2O5S/c1-4-7-16-15-12-13(24-21(26)25(3)31(27,28)5-2)10-11-14(15)19-17(29-16)8-6-9-18(19)30-20(22)23/h4,6,8-12,16,20H,1,5,7H2,2-3H3,(H,24,26). The van der Waals surface area contributed by atoms with Gasteiger partial charge in [-0.2, -0.15) is 8.78 Å². The molecule has 0 spiro atoms. The number of alkyl halides is 2. The molecule has 166 valence electrons. The smallest absolute Gasteiger partial charge is 0.387 e. The van der Waals surface area contributed by atoms with Crippen LogP contribution in [0.25, 0.3) is 11.1 Å². The number of carbonyl (C=O) groups is 1. The predicted octanol–water partition coefficient (Wildman–Crippen LogP) is 4.78. The molecule has 1 N–H and O–H groups in total. The van der Waals surface area contributed by atoms with Crippen molar-refractivity contribution in [3.63, 3.8) is 0 Å². The highest BCUT2D eigenvalue weighted by molar-refractivity contribution is 7.89. The third-order valence-electron chi connectivity index (χ3n) is 4.84. The fourth-order valence-corrected chi connectivity index (χ4v) is 3.95. The minimum absolute atomic E-state index is 0.0311. The van der Waals surface area contributed by atoms with E-state index >= 15 is 0 Å². The fourth-order valence-electron chi connectivity index (χ4n) is 3.27. The molecule has 0 saturated carbocycles. The summed E-state index contributed by atoms with van der Waals surface area (Å²) in [5.41, 5.74) is 1.94. The number of nitrogens with one attached hydrogen (secondary N) is 1. The van der Waals surface area contributed by atoms with Gasteiger partial charge in [0.2, 0.25) is 10.0 Å². The van der Waals surface area contributed by atoms with Crippen LogP contribution in [0.3, 0.4) is 0 Å². The van der Waals surface area contributed by atoms with Crippen molar-refractivity contribution in [1.82, 2.24) is 4.31 Å². The topological polar surface area (TPSA) is 84.9 Å². The van der Waals surface area contributed by atoms with Crippen LogP contribution in [0.2, 0.25) is 0 Å². The molecule has 0 saturated heterocycles. The molecule has 7 nitrogen and oxygen atoms in total. The Balaban J connectivity index is 2.02. The van der Waals surface area contributed by atoms with Crippen LogP contribution >= 0.6 is 0 Å². The number of urea groups is 1. The molecule has 2 aromatic rings. The van der Waals surface area contributed by atoms with Crippen molar-refractivity contribution >= 4 is 21.7 Å². The highest BCUT2D eigenvalue weighted by Gasteiger charge is 2.29. The second-order valence-electron chi connectivity index (χ2n) is 6.74. The largest absolute Gasteiger partial charge is 0.485 e. The van der Waals surface area contributed by atoms with E-state index in [0.29, 0.717) is 38.9 Å². The summed E-state index contributed by atoms with van der Waals surface area (Å²) >= 11 is 0. The molecular weight excluding hydrogens is 430 g/mol. The van der Waals surface area contributed by atoms with Crippen molar-refractivity contribution in [3.05, 3.63) is 54.6 Å². The number of halogens is 2. The maximum atomic E-state index is 12.9. The minimum Gasteiger partial charge on any atom is -0.485 e. The number of benzene rings is 2. The van der Waals surface area contributed by atoms with E-state index in [4.69, 9.17) is 4.74 Å². The maximum absolute atomic E-state index is 12.9. The number of amides is 2. The average molecular weight is 452 g/mol. The van der Waals surface area contributed by atoms with Gasteiger partial charge in [-0.15, -0.1) is 6.58 Å². The molecule has 0 bridgehead atoms. The summed E-state index contributed by atoms with van der Waals surface area (Å²) in [6.07, 6.45) is 1.61. The van der Waals surface area contributed by atoms with Crippen LogP contribution in [-0.4, -0.2) is 38.2 Å². The van der Waals surface area contributed by atoms with Gasteiger partial charge in [0, 0.05) is 24.7 Å². The lowest BCUT2D eigenvalue weighted by Gasteiger charge is -2.30. The highest BCUT2D eigenvalue weighted by Crippen LogP contribution is 2.49. The third kappa shape index (κ3) is 4.63. The Hall–Kier alpha value is -3.14. The molecule has 3 rings (SSSR count). The van der Waals surface area contributed by atoms with E-state index in [-0.39, 0.29) is 11.5 Å². The van der Waals surface area contributed by atoms with Crippen molar-refractivity contribution in [3.8, 4) is 22.6 Å². The van der Waals surface area contributed by atoms with E-state index in [1.54, 1.807) is 36.4 Å². The third-order valence-corrected chi connectivity index (χ3v) is 6.57. The van der Waals surface area contributed by atoms with Crippen molar-refractivity contribution in [1.29, 1.82) is 0 Å². The van der Waals surface area contributed by atoms with Crippen molar-refractivity contribution in [2.45, 2.75) is 26.1 Å². The van der Waals surface area contributed by atoms with Gasteiger partial charge in [0.05, 0.1) is 11.3 Å². The second-order valence-corrected chi connectivity index (χ2v) is 9.03. The number of hydrogen-bond donors (Lipinski definition) is 1. The summed E-state index contributed by atoms with van der Waals surface area (Å²) in [4.78, 5) is 12.4. The van der Waals surface area contributed by atoms with Crippen molar-refractivity contribution < 1.29 is 31.5 Å². The summed E-state index contributed by atoms with van der Waals surface area (Å²) in [7, 11) is -2.55. The van der Waals surface area contributed by atoms with E-state index in [1.165, 1.54) is 20.0 Å². The number of sulfonamides is 1. The average Bonchev–Trinajstić information content (AvgIpc) is 2.73. The lowest BCUT2D eigenvalue weighted by atomic mass is 9.90. The molecule has 0 fully saturated rings. The van der Waals surface area contributed by atoms with Crippen LogP contribution in [-0.2, 0) is 10.0 Å². The first-order valence-corrected chi connectivity index (χ1v) is 11.1. The van der Waals surface area contributed by atoms with Gasteiger partial charge in [0.1, 0.15) is 17.6 Å². The number of fused-ring (bicyclic) bond motifs is 3. The number of carbonyl (C=O) groups excluding carboxylic acids is 1. The molecule has 0 aromatic heterocycles. The number of hydrogen-bond acceptors (Lipinski definition) is 5. The zero-order valence-electron chi connectivity index (χ0n) is 17.0. The second kappa shape index (κ2) is 8.93. The van der Waals surface area contributed by atoms with Gasteiger partial charge in [0.15, 0.2) is 0 Å². The summed E-state index contributed by atoms with van der Waals surface area (Å²) in [6.45, 7) is 2.16. The highest BCUT2D eigenvalue weighted by atomic mass is 32.2. The predicted molar refractivity (Wildman–Crippen MR) is 113 cm³/mol. The van der Waals surface area contributed by atoms with Crippen LogP contribution < -0.4 is 14.8 Å². The normalized spacial score (nSPS) is 14.8. The minimum atomic E-state index is -3.72. The van der Waals surface area contributed by atoms with E-state index in [0.717, 1.165) is 0 Å². The van der Waals surface area contributed by atoms with E-state index in [2.05, 4.69) is 16.6 Å². The van der Waals surface area contributed by atoms with Crippen molar-refractivity contribution in [2.24, 2.45) is 0 Å². The van der Waals surface area contributed by atoms with Gasteiger partial charge in [-0.3, -0.25) is 0 Å². The Morgan fingerprint density at radius 3 is 2.74 bits per heavy atom. The molecule has 0 aliphatic carbocycles. The van der Waals surface area contributed by atoms with Crippen LogP contribution in [0.15, 0.2) is 49.1 Å². The number of ether oxygens (including phenoxy) is 2. The Bertz CT molecular complexity index is 1100. The molecule has 2 amide bonds. The summed E-state index contributed by atoms with van der Waals surface area (Å²) in [6, 6.07) is 8.65. The molecular formula is C21H22F2N2O5S. The number of rotatable bonds is 7. The van der Waals surface area contributed by atoms with E-state index in [1.807, 2.05) is 0 Å². The van der Waals surface area contributed by atoms with Crippen LogP contribution in [0.5, 0.6) is 11.5 Å². The summed E-state index contributed by atoms with van der Waals surface area (Å²) < 4.78 is 60.9. The maximum Gasteiger partial charge on any atom is 0.387 e. The monoisotopic (exact) mass is 452 g/mol. The molecule has 1 unspecified atom stereocenters. The molecule has 1 heterocycles. The van der Waals surface area contributed by atoms with Gasteiger partial charge < -0.3 is 14.8 Å². The van der Waals surface area contributed by atoms with Crippen molar-refractivity contribution in [2.75, 3.05) is 18.1 Å². The lowest BCUT2D eigenvalue weighted by molar-refractivity contribution is -0.0496. The summed E-state index contributed by atoms with van der Waals surface area (Å²) in [5.74, 6) is 0.138. The lowest BCUT2D eigenvalue weighted by Crippen LogP contribution is -2.37. The zero-order valence-corrected chi connectivity index (χ0v) is 17.8. The van der Waals surface area contributed by atoms with Gasteiger partial charge in [-0.1, -0.05) is 18.2 Å². The number of nitrogens with zero attached hydrogens (tertiary/aromatic N) is 1. The SMILES string of the molecule is C=CCC1Oc2cccc(OC(F)F)c2-c2ccc(NC(=O)N(C)S(=O)(=O)CC)cc21. The van der Waals surface area contributed by atoms with Crippen LogP contribution in [0.1, 0.15) is 25.0 Å². The molecule has 31 heavy (non-hydrogen) atoms. The molecule has 0 radical (unpaired) electrons. The molecule has 1 aliphatic heterocycles. The molecule has 1 aliphatic rings. The van der Waals surface area contributed by atoms with Gasteiger partial charge in [-0.25, -0.2) is 17.5 Å². The van der Waals surface area contributed by atoms with Gasteiger partial charge in [0.25, 0.3) is 0 Å². The molecule has 10 heteroatoms. The van der Waals surface area contributed by atoms with Crippen LogP contribution in [0, 0.1) is 0 Å². The fraction of sp³-hybridized carbons (Fsp3) is 0.286. The van der Waals surface area contributed by atoms with Gasteiger partial charge in [-0.05, 0) is 36.8 Å². The number of anilines is 1. The quantitative estimate of drug-likeness (QED) is 0.612. The molecule has 1 atom stereocenters. The summed E-state index contributed by atoms with van der Waals surface area (Å²) in [5, 5.41) is 2.54. The first-order chi connectivity index (χ1) is 14.7. The first kappa shape index (κ1) is 22.5. The van der Waals surface area contributed by atoms with Crippen LogP contribution in [0.4, 0.5) is 19.3 Å². The zero-order chi connectivity index (χ0) is 22.8.